The minimum atomic E-state index is 0.0427. The molecule has 1 saturated heterocycles. The van der Waals surface area contributed by atoms with E-state index in [0.29, 0.717) is 44.1 Å². The predicted molar refractivity (Wildman–Crippen MR) is 124 cm³/mol. The van der Waals surface area contributed by atoms with Crippen LogP contribution in [0.25, 0.3) is 17.2 Å². The summed E-state index contributed by atoms with van der Waals surface area (Å²) in [5, 5.41) is 9.93. The number of hydrogen-bond donors (Lipinski definition) is 0. The van der Waals surface area contributed by atoms with Gasteiger partial charge in [0.05, 0.1) is 30.0 Å². The van der Waals surface area contributed by atoms with Crippen LogP contribution in [0.3, 0.4) is 0 Å². The number of pyridine rings is 2. The fourth-order valence-electron chi connectivity index (χ4n) is 4.28. The van der Waals surface area contributed by atoms with Crippen molar-refractivity contribution in [1.29, 1.82) is 5.26 Å². The van der Waals surface area contributed by atoms with Crippen molar-refractivity contribution in [3.63, 3.8) is 0 Å². The molecule has 0 N–H and O–H groups in total. The van der Waals surface area contributed by atoms with Crippen LogP contribution in [0.1, 0.15) is 49.1 Å². The Morgan fingerprint density at radius 2 is 2.19 bits per heavy atom. The summed E-state index contributed by atoms with van der Waals surface area (Å²) in [7, 11) is 1.61. The number of rotatable bonds is 7. The Kier molecular flexibility index (Phi) is 6.52. The number of nitrogens with zero attached hydrogens (tertiary/aromatic N) is 5. The van der Waals surface area contributed by atoms with Gasteiger partial charge in [0.15, 0.2) is 0 Å². The summed E-state index contributed by atoms with van der Waals surface area (Å²) in [6, 6.07) is 8.30. The minimum absolute atomic E-state index is 0.0427. The van der Waals surface area contributed by atoms with E-state index < -0.39 is 0 Å². The molecule has 2 fully saturated rings. The van der Waals surface area contributed by atoms with E-state index >= 15 is 0 Å². The molecule has 166 valence electrons. The Balaban J connectivity index is 1.62. The van der Waals surface area contributed by atoms with Gasteiger partial charge < -0.3 is 14.5 Å². The van der Waals surface area contributed by atoms with Crippen LogP contribution < -0.4 is 4.90 Å². The summed E-state index contributed by atoms with van der Waals surface area (Å²) >= 11 is 0. The van der Waals surface area contributed by atoms with Gasteiger partial charge >= 0.3 is 0 Å². The third-order valence-electron chi connectivity index (χ3n) is 6.19. The van der Waals surface area contributed by atoms with Crippen molar-refractivity contribution >= 4 is 17.8 Å². The first-order valence-corrected chi connectivity index (χ1v) is 11.1. The van der Waals surface area contributed by atoms with Crippen LogP contribution in [0.15, 0.2) is 31.0 Å². The molecule has 1 atom stereocenters. The molecule has 1 aliphatic heterocycles. The van der Waals surface area contributed by atoms with Crippen LogP contribution in [0.2, 0.25) is 0 Å². The van der Waals surface area contributed by atoms with E-state index in [0.717, 1.165) is 41.2 Å². The molecule has 0 aromatic carbocycles. The van der Waals surface area contributed by atoms with E-state index in [1.807, 2.05) is 36.2 Å². The first-order valence-electron chi connectivity index (χ1n) is 11.1. The zero-order chi connectivity index (χ0) is 22.7. The zero-order valence-electron chi connectivity index (χ0n) is 18.8. The van der Waals surface area contributed by atoms with Gasteiger partial charge in [0, 0.05) is 56.0 Å². The molecule has 1 aliphatic carbocycles. The van der Waals surface area contributed by atoms with E-state index in [-0.39, 0.29) is 11.9 Å². The van der Waals surface area contributed by atoms with E-state index in [4.69, 9.17) is 9.72 Å². The lowest BCUT2D eigenvalue weighted by atomic mass is 10.00. The molecular weight excluding hydrogens is 402 g/mol. The highest BCUT2D eigenvalue weighted by atomic mass is 16.5. The van der Waals surface area contributed by atoms with Crippen molar-refractivity contribution in [2.24, 2.45) is 0 Å². The Bertz CT molecular complexity index is 1040. The van der Waals surface area contributed by atoms with Crippen molar-refractivity contribution < 1.29 is 9.53 Å². The van der Waals surface area contributed by atoms with Gasteiger partial charge in [-0.05, 0) is 38.0 Å². The van der Waals surface area contributed by atoms with Gasteiger partial charge in [0.1, 0.15) is 11.9 Å². The average Bonchev–Trinajstić information content (AvgIpc) is 3.67. The first-order chi connectivity index (χ1) is 15.5. The molecule has 2 aromatic heterocycles. The van der Waals surface area contributed by atoms with Gasteiger partial charge in [0.25, 0.3) is 0 Å². The molecule has 0 spiro atoms. The van der Waals surface area contributed by atoms with Crippen molar-refractivity contribution in [1.82, 2.24) is 14.9 Å². The van der Waals surface area contributed by atoms with Crippen LogP contribution in [0, 0.1) is 11.3 Å². The number of methoxy groups -OCH3 is 1. The van der Waals surface area contributed by atoms with Crippen molar-refractivity contribution in [2.45, 2.75) is 38.1 Å². The number of nitriles is 1. The molecule has 7 heteroatoms. The number of aromatic nitrogens is 2. The highest BCUT2D eigenvalue weighted by Crippen LogP contribution is 2.45. The Morgan fingerprint density at radius 1 is 1.38 bits per heavy atom. The summed E-state index contributed by atoms with van der Waals surface area (Å²) in [4.78, 5) is 26.0. The van der Waals surface area contributed by atoms with Gasteiger partial charge in [-0.25, -0.2) is 4.98 Å². The molecule has 0 bridgehead atoms. The number of amides is 1. The minimum Gasteiger partial charge on any atom is -0.384 e. The van der Waals surface area contributed by atoms with Crippen LogP contribution in [-0.2, 0) is 9.53 Å². The third kappa shape index (κ3) is 4.51. The topological polar surface area (TPSA) is 82.4 Å². The molecule has 1 unspecified atom stereocenters. The Labute approximate surface area is 189 Å². The van der Waals surface area contributed by atoms with E-state index in [1.165, 1.54) is 0 Å². The van der Waals surface area contributed by atoms with Crippen LogP contribution in [-0.4, -0.2) is 60.2 Å². The molecule has 1 amide bonds. The number of hydrogen-bond acceptors (Lipinski definition) is 6. The summed E-state index contributed by atoms with van der Waals surface area (Å²) in [5.74, 6) is 1.26. The lowest BCUT2D eigenvalue weighted by molar-refractivity contribution is -0.134. The normalized spacial score (nSPS) is 18.3. The SMILES string of the molecule is C=Cc1ccc(-c2cc(C#N)c(N3CCN(C(=O)CCOC)C(C)C3)nc2C2CC2)cn1. The fourth-order valence-corrected chi connectivity index (χ4v) is 4.28. The predicted octanol–water partition coefficient (Wildman–Crippen LogP) is 3.61. The Morgan fingerprint density at radius 3 is 2.78 bits per heavy atom. The third-order valence-corrected chi connectivity index (χ3v) is 6.19. The fraction of sp³-hybridized carbons (Fsp3) is 0.440. The molecule has 1 saturated carbocycles. The van der Waals surface area contributed by atoms with Gasteiger partial charge in [-0.2, -0.15) is 5.26 Å². The molecule has 4 rings (SSSR count). The molecule has 2 aromatic rings. The first kappa shape index (κ1) is 22.0. The summed E-state index contributed by atoms with van der Waals surface area (Å²) in [6.45, 7) is 8.16. The number of ether oxygens (including phenoxy) is 1. The molecular formula is C25H29N5O2. The average molecular weight is 432 g/mol. The van der Waals surface area contributed by atoms with Gasteiger partial charge in [-0.1, -0.05) is 12.6 Å². The molecule has 0 radical (unpaired) electrons. The summed E-state index contributed by atoms with van der Waals surface area (Å²) in [5.41, 5.74) is 4.37. The second-order valence-corrected chi connectivity index (χ2v) is 8.48. The maximum atomic E-state index is 12.5. The van der Waals surface area contributed by atoms with Crippen LogP contribution in [0.5, 0.6) is 0 Å². The largest absolute Gasteiger partial charge is 0.384 e. The molecule has 2 aliphatic rings. The second-order valence-electron chi connectivity index (χ2n) is 8.48. The molecule has 3 heterocycles. The zero-order valence-corrected chi connectivity index (χ0v) is 18.8. The monoisotopic (exact) mass is 431 g/mol. The number of carbonyl (C=O) groups excluding carboxylic acids is 1. The van der Waals surface area contributed by atoms with Gasteiger partial charge in [0.2, 0.25) is 5.91 Å². The van der Waals surface area contributed by atoms with Crippen molar-refractivity contribution in [3.05, 3.63) is 47.9 Å². The second kappa shape index (κ2) is 9.49. The van der Waals surface area contributed by atoms with Crippen molar-refractivity contribution in [3.8, 4) is 17.2 Å². The molecule has 7 nitrogen and oxygen atoms in total. The van der Waals surface area contributed by atoms with Gasteiger partial charge in [-0.3, -0.25) is 9.78 Å². The van der Waals surface area contributed by atoms with Gasteiger partial charge in [-0.15, -0.1) is 0 Å². The van der Waals surface area contributed by atoms with E-state index in [9.17, 15) is 10.1 Å². The number of piperazine rings is 1. The lowest BCUT2D eigenvalue weighted by Crippen LogP contribution is -2.54. The standard InChI is InChI=1S/C25H29N5O2/c1-4-21-8-7-19(15-27-21)22-13-20(14-26)25(28-24(22)18-5-6-18)29-10-11-30(17(2)16-29)23(31)9-12-32-3/h4,7-8,13,15,17-18H,1,5-6,9-12,16H2,2-3H3. The van der Waals surface area contributed by atoms with E-state index in [1.54, 1.807) is 13.2 Å². The molecule has 32 heavy (non-hydrogen) atoms. The highest BCUT2D eigenvalue weighted by molar-refractivity contribution is 5.77. The lowest BCUT2D eigenvalue weighted by Gasteiger charge is -2.41. The highest BCUT2D eigenvalue weighted by Gasteiger charge is 2.33. The smallest absolute Gasteiger partial charge is 0.225 e. The number of carbonyl (C=O) groups is 1. The summed E-state index contributed by atoms with van der Waals surface area (Å²) < 4.78 is 5.05. The maximum absolute atomic E-state index is 12.5. The Hall–Kier alpha value is -3.24. The quantitative estimate of drug-likeness (QED) is 0.666. The number of anilines is 1. The van der Waals surface area contributed by atoms with Crippen LogP contribution >= 0.6 is 0 Å². The summed E-state index contributed by atoms with van der Waals surface area (Å²) in [6.07, 6.45) is 6.16. The maximum Gasteiger partial charge on any atom is 0.225 e. The van der Waals surface area contributed by atoms with Crippen LogP contribution in [0.4, 0.5) is 5.82 Å². The van der Waals surface area contributed by atoms with Crippen molar-refractivity contribution in [2.75, 3.05) is 38.3 Å². The van der Waals surface area contributed by atoms with E-state index in [2.05, 4.69) is 22.5 Å².